The zero-order chi connectivity index (χ0) is 16.3. The third kappa shape index (κ3) is 7.04. The van der Waals surface area contributed by atoms with Gasteiger partial charge in [-0.15, -0.1) is 0 Å². The molecule has 0 bridgehead atoms. The first-order chi connectivity index (χ1) is 9.38. The second-order valence-corrected chi connectivity index (χ2v) is 4.97. The van der Waals surface area contributed by atoms with Crippen LogP contribution in [-0.2, 0) is 4.74 Å². The Labute approximate surface area is 125 Å². The van der Waals surface area contributed by atoms with Gasteiger partial charge in [-0.1, -0.05) is 48.0 Å². The summed E-state index contributed by atoms with van der Waals surface area (Å²) in [5.41, 5.74) is 2.79. The molecule has 0 unspecified atom stereocenters. The molecule has 0 N–H and O–H groups in total. The third-order valence-corrected chi connectivity index (χ3v) is 2.80. The van der Waals surface area contributed by atoms with Gasteiger partial charge in [0, 0.05) is 7.11 Å². The number of aryl methyl sites for hydroxylation is 1. The summed E-state index contributed by atoms with van der Waals surface area (Å²) in [6.07, 6.45) is 1.27. The molecule has 0 aliphatic rings. The summed E-state index contributed by atoms with van der Waals surface area (Å²) in [5, 5.41) is 0. The van der Waals surface area contributed by atoms with E-state index in [0.717, 1.165) is 16.7 Å². The summed E-state index contributed by atoms with van der Waals surface area (Å²) >= 11 is 0. The summed E-state index contributed by atoms with van der Waals surface area (Å²) in [5.74, 6) is 0.0861. The normalized spacial score (nSPS) is 11.2. The van der Waals surface area contributed by atoms with Crippen LogP contribution >= 0.6 is 0 Å². The molecule has 118 valence electrons. The Morgan fingerprint density at radius 2 is 1.50 bits per heavy atom. The maximum Gasteiger partial charge on any atom is 0.126 e. The monoisotopic (exact) mass is 284 g/mol. The SMILES string of the molecule is CC.CCC.CO[C@H](C)c1cc(C(C)C)c(F)cc1C. The number of hydrogen-bond acceptors (Lipinski definition) is 1. The zero-order valence-electron chi connectivity index (χ0n) is 14.8. The van der Waals surface area contributed by atoms with Gasteiger partial charge in [-0.25, -0.2) is 4.39 Å². The molecular formula is C18H33FO. The number of rotatable bonds is 3. The van der Waals surface area contributed by atoms with E-state index in [1.807, 2.05) is 47.6 Å². The molecule has 0 fully saturated rings. The Kier molecular flexibility index (Phi) is 12.7. The van der Waals surface area contributed by atoms with Gasteiger partial charge in [0.15, 0.2) is 0 Å². The van der Waals surface area contributed by atoms with Crippen molar-refractivity contribution >= 4 is 0 Å². The molecule has 1 nitrogen and oxygen atoms in total. The Hall–Kier alpha value is -0.890. The van der Waals surface area contributed by atoms with Crippen molar-refractivity contribution in [1.82, 2.24) is 0 Å². The fourth-order valence-electron chi connectivity index (χ4n) is 1.71. The van der Waals surface area contributed by atoms with Crippen LogP contribution in [0.5, 0.6) is 0 Å². The second kappa shape index (κ2) is 11.9. The highest BCUT2D eigenvalue weighted by molar-refractivity contribution is 5.35. The van der Waals surface area contributed by atoms with Crippen molar-refractivity contribution in [3.05, 3.63) is 34.6 Å². The average molecular weight is 284 g/mol. The predicted octanol–water partition coefficient (Wildman–Crippen LogP) is 6.41. The lowest BCUT2D eigenvalue weighted by atomic mass is 9.95. The molecule has 0 saturated heterocycles. The van der Waals surface area contributed by atoms with Crippen molar-refractivity contribution in [2.75, 3.05) is 7.11 Å². The second-order valence-electron chi connectivity index (χ2n) is 4.97. The van der Waals surface area contributed by atoms with E-state index in [0.29, 0.717) is 0 Å². The van der Waals surface area contributed by atoms with Crippen molar-refractivity contribution in [2.45, 2.75) is 73.8 Å². The van der Waals surface area contributed by atoms with Gasteiger partial charge in [-0.2, -0.15) is 0 Å². The quantitative estimate of drug-likeness (QED) is 0.623. The number of halogens is 1. The first-order valence-corrected chi connectivity index (χ1v) is 7.71. The molecular weight excluding hydrogens is 251 g/mol. The summed E-state index contributed by atoms with van der Waals surface area (Å²) in [6, 6.07) is 3.52. The van der Waals surface area contributed by atoms with Gasteiger partial charge in [0.25, 0.3) is 0 Å². The summed E-state index contributed by atoms with van der Waals surface area (Å²) in [4.78, 5) is 0. The van der Waals surface area contributed by atoms with Crippen LogP contribution in [-0.4, -0.2) is 7.11 Å². The molecule has 0 amide bonds. The predicted molar refractivity (Wildman–Crippen MR) is 88.0 cm³/mol. The molecule has 1 rings (SSSR count). The average Bonchev–Trinajstić information content (AvgIpc) is 2.40. The largest absolute Gasteiger partial charge is 0.377 e. The van der Waals surface area contributed by atoms with E-state index in [1.165, 1.54) is 6.42 Å². The van der Waals surface area contributed by atoms with E-state index >= 15 is 0 Å². The molecule has 20 heavy (non-hydrogen) atoms. The van der Waals surface area contributed by atoms with Gasteiger partial charge in [-0.3, -0.25) is 0 Å². The molecule has 1 atom stereocenters. The lowest BCUT2D eigenvalue weighted by Crippen LogP contribution is -2.03. The fraction of sp³-hybridized carbons (Fsp3) is 0.667. The molecule has 0 saturated carbocycles. The maximum atomic E-state index is 13.6. The summed E-state index contributed by atoms with van der Waals surface area (Å²) < 4.78 is 18.9. The van der Waals surface area contributed by atoms with Gasteiger partial charge in [-0.05, 0) is 48.6 Å². The van der Waals surface area contributed by atoms with Crippen LogP contribution in [0.4, 0.5) is 4.39 Å². The number of benzene rings is 1. The van der Waals surface area contributed by atoms with E-state index in [9.17, 15) is 4.39 Å². The van der Waals surface area contributed by atoms with E-state index in [-0.39, 0.29) is 17.8 Å². The highest BCUT2D eigenvalue weighted by Crippen LogP contribution is 2.27. The van der Waals surface area contributed by atoms with Crippen molar-refractivity contribution < 1.29 is 9.13 Å². The Morgan fingerprint density at radius 3 is 1.85 bits per heavy atom. The lowest BCUT2D eigenvalue weighted by molar-refractivity contribution is 0.119. The van der Waals surface area contributed by atoms with Gasteiger partial charge in [0.2, 0.25) is 0 Å². The molecule has 0 heterocycles. The van der Waals surface area contributed by atoms with Crippen LogP contribution in [0.25, 0.3) is 0 Å². The minimum absolute atomic E-state index is 0.0168. The molecule has 1 aromatic carbocycles. The van der Waals surface area contributed by atoms with Crippen molar-refractivity contribution in [3.63, 3.8) is 0 Å². The number of ether oxygens (including phenoxy) is 1. The van der Waals surface area contributed by atoms with Crippen LogP contribution in [0.1, 0.15) is 83.6 Å². The van der Waals surface area contributed by atoms with Crippen LogP contribution in [0.3, 0.4) is 0 Å². The molecule has 0 radical (unpaired) electrons. The van der Waals surface area contributed by atoms with Gasteiger partial charge in [0.05, 0.1) is 6.10 Å². The lowest BCUT2D eigenvalue weighted by Gasteiger charge is -2.16. The van der Waals surface area contributed by atoms with Crippen molar-refractivity contribution in [1.29, 1.82) is 0 Å². The third-order valence-electron chi connectivity index (χ3n) is 2.80. The minimum atomic E-state index is -0.116. The number of hydrogen-bond donors (Lipinski definition) is 0. The molecule has 0 aliphatic heterocycles. The fourth-order valence-corrected chi connectivity index (χ4v) is 1.71. The smallest absolute Gasteiger partial charge is 0.126 e. The van der Waals surface area contributed by atoms with Crippen LogP contribution < -0.4 is 0 Å². The van der Waals surface area contributed by atoms with Crippen LogP contribution in [0, 0.1) is 12.7 Å². The zero-order valence-corrected chi connectivity index (χ0v) is 14.8. The Balaban J connectivity index is 0. The Morgan fingerprint density at radius 1 is 1.05 bits per heavy atom. The minimum Gasteiger partial charge on any atom is -0.377 e. The molecule has 0 aliphatic carbocycles. The van der Waals surface area contributed by atoms with Gasteiger partial charge >= 0.3 is 0 Å². The van der Waals surface area contributed by atoms with Crippen molar-refractivity contribution in [2.24, 2.45) is 0 Å². The highest BCUT2D eigenvalue weighted by Gasteiger charge is 2.13. The standard InChI is InChI=1S/C13H19FO.C3H8.C2H6/c1-8(2)11-7-12(10(4)15-5)9(3)6-13(11)14;1-3-2;1-2/h6-8,10H,1-5H3;3H2,1-2H3;1-2H3/t10-;;/m1../s1. The molecule has 0 spiro atoms. The molecule has 0 aromatic heterocycles. The first kappa shape index (κ1) is 21.4. The Bertz CT molecular complexity index is 359. The van der Waals surface area contributed by atoms with Gasteiger partial charge in [0.1, 0.15) is 5.82 Å². The van der Waals surface area contributed by atoms with Gasteiger partial charge < -0.3 is 4.74 Å². The van der Waals surface area contributed by atoms with E-state index in [4.69, 9.17) is 4.74 Å². The van der Waals surface area contributed by atoms with Crippen molar-refractivity contribution in [3.8, 4) is 0 Å². The molecule has 2 heteroatoms. The van der Waals surface area contributed by atoms with E-state index < -0.39 is 0 Å². The summed E-state index contributed by atoms with van der Waals surface area (Å²) in [6.45, 7) is 16.1. The number of methoxy groups -OCH3 is 1. The van der Waals surface area contributed by atoms with Crippen LogP contribution in [0.15, 0.2) is 12.1 Å². The highest BCUT2D eigenvalue weighted by atomic mass is 19.1. The van der Waals surface area contributed by atoms with E-state index in [1.54, 1.807) is 13.2 Å². The molecule has 1 aromatic rings. The van der Waals surface area contributed by atoms with Crippen LogP contribution in [0.2, 0.25) is 0 Å². The van der Waals surface area contributed by atoms with E-state index in [2.05, 4.69) is 13.8 Å². The summed E-state index contributed by atoms with van der Waals surface area (Å²) in [7, 11) is 1.67. The maximum absolute atomic E-state index is 13.6. The topological polar surface area (TPSA) is 9.23 Å². The first-order valence-electron chi connectivity index (χ1n) is 7.71.